The van der Waals surface area contributed by atoms with Gasteiger partial charge in [0.25, 0.3) is 0 Å². The lowest BCUT2D eigenvalue weighted by Gasteiger charge is -2.06. The van der Waals surface area contributed by atoms with Crippen LogP contribution in [0.2, 0.25) is 0 Å². The third-order valence-corrected chi connectivity index (χ3v) is 3.75. The maximum Gasteiger partial charge on any atom is 0.184 e. The highest BCUT2D eigenvalue weighted by molar-refractivity contribution is 7.80. The topological polar surface area (TPSA) is 55.3 Å². The number of hydrogen-bond donors (Lipinski definition) is 2. The number of aromatic nitrogens is 1. The van der Waals surface area contributed by atoms with Gasteiger partial charge < -0.3 is 10.3 Å². The summed E-state index contributed by atoms with van der Waals surface area (Å²) < 4.78 is 2.24. The number of aryl methyl sites for hydroxylation is 1. The number of benzene rings is 2. The third kappa shape index (κ3) is 3.76. The van der Waals surface area contributed by atoms with Crippen LogP contribution in [0.3, 0.4) is 0 Å². The maximum absolute atomic E-state index is 5.34. The molecule has 5 heteroatoms. The summed E-state index contributed by atoms with van der Waals surface area (Å²) in [6.45, 7) is 2.96. The third-order valence-electron chi connectivity index (χ3n) is 3.66. The van der Waals surface area contributed by atoms with E-state index in [1.54, 1.807) is 6.21 Å². The van der Waals surface area contributed by atoms with Crippen LogP contribution in [-0.2, 0) is 6.54 Å². The summed E-state index contributed by atoms with van der Waals surface area (Å²) in [5.74, 6) is 0. The molecule has 0 aliphatic rings. The van der Waals surface area contributed by atoms with Gasteiger partial charge in [0.05, 0.1) is 6.21 Å². The predicted octanol–water partition coefficient (Wildman–Crippen LogP) is 3.17. The molecule has 0 aliphatic heterocycles. The molecule has 0 amide bonds. The molecule has 0 fully saturated rings. The lowest BCUT2D eigenvalue weighted by Crippen LogP contribution is -2.23. The van der Waals surface area contributed by atoms with Crippen molar-refractivity contribution in [2.45, 2.75) is 13.5 Å². The zero-order chi connectivity index (χ0) is 16.2. The molecule has 4 nitrogen and oxygen atoms in total. The van der Waals surface area contributed by atoms with Gasteiger partial charge in [0, 0.05) is 23.6 Å². The van der Waals surface area contributed by atoms with Gasteiger partial charge in [0.2, 0.25) is 0 Å². The number of hydrogen-bond acceptors (Lipinski definition) is 2. The zero-order valence-electron chi connectivity index (χ0n) is 12.9. The Labute approximate surface area is 140 Å². The van der Waals surface area contributed by atoms with E-state index in [0.717, 1.165) is 12.1 Å². The summed E-state index contributed by atoms with van der Waals surface area (Å²) in [6.07, 6.45) is 3.81. The van der Waals surface area contributed by atoms with Gasteiger partial charge in [-0.25, -0.2) is 0 Å². The summed E-state index contributed by atoms with van der Waals surface area (Å²) in [4.78, 5) is 0. The Kier molecular flexibility index (Phi) is 4.39. The molecule has 0 saturated heterocycles. The van der Waals surface area contributed by atoms with Crippen molar-refractivity contribution in [1.29, 1.82) is 0 Å². The Morgan fingerprint density at radius 1 is 1.22 bits per heavy atom. The number of nitrogens with zero attached hydrogens (tertiary/aromatic N) is 2. The van der Waals surface area contributed by atoms with Crippen molar-refractivity contribution < 1.29 is 0 Å². The minimum atomic E-state index is 0.159. The average molecular weight is 322 g/mol. The van der Waals surface area contributed by atoms with E-state index in [9.17, 15) is 0 Å². The first-order valence-corrected chi connectivity index (χ1v) is 7.75. The summed E-state index contributed by atoms with van der Waals surface area (Å²) >= 11 is 4.71. The predicted molar refractivity (Wildman–Crippen MR) is 99.7 cm³/mol. The zero-order valence-corrected chi connectivity index (χ0v) is 13.7. The molecular formula is C18H18N4S. The van der Waals surface area contributed by atoms with E-state index in [4.69, 9.17) is 18.0 Å². The molecule has 0 saturated carbocycles. The van der Waals surface area contributed by atoms with Crippen molar-refractivity contribution in [3.63, 3.8) is 0 Å². The quantitative estimate of drug-likeness (QED) is 0.441. The molecule has 0 atom stereocenters. The standard InChI is InChI=1S/C18H18N4S/c1-13-2-4-14(5-3-13)12-22-9-8-16-10-15(6-7-17(16)22)11-20-21-18(19)23/h2-11H,12H2,1H3,(H3,19,21,23). The number of thiocarbonyl (C=S) groups is 1. The van der Waals surface area contributed by atoms with Crippen LogP contribution < -0.4 is 11.2 Å². The second kappa shape index (κ2) is 6.62. The molecule has 3 rings (SSSR count). The van der Waals surface area contributed by atoms with Crippen LogP contribution in [0.15, 0.2) is 59.8 Å². The van der Waals surface area contributed by atoms with E-state index in [1.807, 2.05) is 6.07 Å². The fourth-order valence-corrected chi connectivity index (χ4v) is 2.55. The van der Waals surface area contributed by atoms with Gasteiger partial charge in [-0.05, 0) is 48.5 Å². The Morgan fingerprint density at radius 2 is 2.00 bits per heavy atom. The van der Waals surface area contributed by atoms with Gasteiger partial charge in [-0.15, -0.1) is 0 Å². The lowest BCUT2D eigenvalue weighted by atomic mass is 10.1. The fourth-order valence-electron chi connectivity index (χ4n) is 2.50. The fraction of sp³-hybridized carbons (Fsp3) is 0.111. The van der Waals surface area contributed by atoms with Crippen molar-refractivity contribution in [1.82, 2.24) is 9.99 Å². The first-order valence-electron chi connectivity index (χ1n) is 7.35. The smallest absolute Gasteiger partial charge is 0.184 e. The minimum Gasteiger partial charge on any atom is -0.375 e. The molecule has 2 aromatic carbocycles. The van der Waals surface area contributed by atoms with Crippen LogP contribution in [0.1, 0.15) is 16.7 Å². The average Bonchev–Trinajstić information content (AvgIpc) is 2.92. The molecule has 23 heavy (non-hydrogen) atoms. The maximum atomic E-state index is 5.34. The summed E-state index contributed by atoms with van der Waals surface area (Å²) in [6, 6.07) is 17.0. The molecule has 0 radical (unpaired) electrons. The van der Waals surface area contributed by atoms with Gasteiger partial charge >= 0.3 is 0 Å². The highest BCUT2D eigenvalue weighted by atomic mass is 32.1. The molecule has 116 valence electrons. The van der Waals surface area contributed by atoms with Crippen LogP contribution >= 0.6 is 12.2 Å². The number of rotatable bonds is 4. The minimum absolute atomic E-state index is 0.159. The molecule has 0 spiro atoms. The van der Waals surface area contributed by atoms with Crippen LogP contribution in [-0.4, -0.2) is 15.9 Å². The monoisotopic (exact) mass is 322 g/mol. The summed E-state index contributed by atoms with van der Waals surface area (Å²) in [7, 11) is 0. The lowest BCUT2D eigenvalue weighted by molar-refractivity contribution is 0.836. The van der Waals surface area contributed by atoms with Crippen LogP contribution in [0.5, 0.6) is 0 Å². The first kappa shape index (κ1) is 15.2. The van der Waals surface area contributed by atoms with Crippen molar-refractivity contribution >= 4 is 34.4 Å². The van der Waals surface area contributed by atoms with Gasteiger partial charge in [-0.1, -0.05) is 35.9 Å². The Hall–Kier alpha value is -2.66. The van der Waals surface area contributed by atoms with Gasteiger partial charge in [0.1, 0.15) is 0 Å². The van der Waals surface area contributed by atoms with Crippen molar-refractivity contribution in [2.24, 2.45) is 10.8 Å². The molecule has 1 heterocycles. The first-order chi connectivity index (χ1) is 11.1. The van der Waals surface area contributed by atoms with E-state index in [1.165, 1.54) is 22.0 Å². The molecule has 0 aliphatic carbocycles. The molecule has 0 bridgehead atoms. The van der Waals surface area contributed by atoms with E-state index in [-0.39, 0.29) is 5.11 Å². The summed E-state index contributed by atoms with van der Waals surface area (Å²) in [5.41, 5.74) is 12.7. The Morgan fingerprint density at radius 3 is 2.74 bits per heavy atom. The highest BCUT2D eigenvalue weighted by Gasteiger charge is 2.02. The van der Waals surface area contributed by atoms with Crippen molar-refractivity contribution in [3.05, 3.63) is 71.4 Å². The molecular weight excluding hydrogens is 304 g/mol. The van der Waals surface area contributed by atoms with Gasteiger partial charge in [0.15, 0.2) is 5.11 Å². The molecule has 1 aromatic heterocycles. The number of hydrazone groups is 1. The Bertz CT molecular complexity index is 862. The van der Waals surface area contributed by atoms with Crippen LogP contribution in [0, 0.1) is 6.92 Å². The van der Waals surface area contributed by atoms with E-state index in [2.05, 4.69) is 70.7 Å². The largest absolute Gasteiger partial charge is 0.375 e. The second-order valence-electron chi connectivity index (χ2n) is 5.48. The van der Waals surface area contributed by atoms with Crippen molar-refractivity contribution in [2.75, 3.05) is 0 Å². The van der Waals surface area contributed by atoms with E-state index >= 15 is 0 Å². The van der Waals surface area contributed by atoms with Gasteiger partial charge in [-0.3, -0.25) is 5.43 Å². The van der Waals surface area contributed by atoms with E-state index < -0.39 is 0 Å². The van der Waals surface area contributed by atoms with Crippen molar-refractivity contribution in [3.8, 4) is 0 Å². The van der Waals surface area contributed by atoms with Crippen LogP contribution in [0.4, 0.5) is 0 Å². The number of fused-ring (bicyclic) bond motifs is 1. The van der Waals surface area contributed by atoms with Gasteiger partial charge in [-0.2, -0.15) is 5.10 Å². The molecule has 3 aromatic rings. The number of nitrogens with one attached hydrogen (secondary N) is 1. The SMILES string of the molecule is Cc1ccc(Cn2ccc3cc(C=NNC(N)=S)ccc32)cc1. The number of nitrogens with two attached hydrogens (primary N) is 1. The highest BCUT2D eigenvalue weighted by Crippen LogP contribution is 2.18. The summed E-state index contributed by atoms with van der Waals surface area (Å²) in [5, 5.41) is 5.32. The van der Waals surface area contributed by atoms with E-state index in [0.29, 0.717) is 0 Å². The van der Waals surface area contributed by atoms with Crippen LogP contribution in [0.25, 0.3) is 10.9 Å². The molecule has 3 N–H and O–H groups in total. The normalized spacial score (nSPS) is 11.2. The molecule has 0 unspecified atom stereocenters. The second-order valence-corrected chi connectivity index (χ2v) is 5.92. The Balaban J connectivity index is 1.82.